The molecule has 0 aliphatic rings. The molecule has 29 heavy (non-hydrogen) atoms. The van der Waals surface area contributed by atoms with Crippen LogP contribution >= 0.6 is 34.8 Å². The van der Waals surface area contributed by atoms with E-state index in [1.165, 1.54) is 7.11 Å². The molecule has 13 heteroatoms. The van der Waals surface area contributed by atoms with Gasteiger partial charge in [-0.05, 0) is 12.1 Å². The zero-order valence-electron chi connectivity index (χ0n) is 14.6. The molecule has 1 unspecified atom stereocenters. The Morgan fingerprint density at radius 1 is 1.07 bits per heavy atom. The fourth-order valence-electron chi connectivity index (χ4n) is 2.27. The lowest BCUT2D eigenvalue weighted by Crippen LogP contribution is -2.49. The molecule has 2 aromatic rings. The molecular weight excluding hydrogens is 451 g/mol. The van der Waals surface area contributed by atoms with Gasteiger partial charge in [0.2, 0.25) is 3.79 Å². The normalized spacial score (nSPS) is 12.0. The van der Waals surface area contributed by atoms with Crippen LogP contribution in [-0.2, 0) is 0 Å². The summed E-state index contributed by atoms with van der Waals surface area (Å²) in [7, 11) is 1.42. The third kappa shape index (κ3) is 5.83. The summed E-state index contributed by atoms with van der Waals surface area (Å²) in [6.45, 7) is 0. The number of para-hydroxylation sites is 2. The van der Waals surface area contributed by atoms with Crippen molar-refractivity contribution in [2.75, 3.05) is 12.4 Å². The second-order valence-electron chi connectivity index (χ2n) is 5.55. The fourth-order valence-corrected chi connectivity index (χ4v) is 2.60. The molecule has 0 saturated heterocycles. The maximum atomic E-state index is 12.6. The minimum absolute atomic E-state index is 0.355. The van der Waals surface area contributed by atoms with Crippen molar-refractivity contribution in [1.29, 1.82) is 0 Å². The molecule has 0 aliphatic carbocycles. The fraction of sp³-hybridized carbons (Fsp3) is 0.188. The van der Waals surface area contributed by atoms with E-state index in [0.717, 1.165) is 18.2 Å². The number of ether oxygens (including phenoxy) is 1. The first-order valence-corrected chi connectivity index (χ1v) is 8.87. The number of hydrogen-bond donors (Lipinski definition) is 2. The van der Waals surface area contributed by atoms with Crippen molar-refractivity contribution >= 4 is 57.8 Å². The van der Waals surface area contributed by atoms with Gasteiger partial charge in [-0.2, -0.15) is 0 Å². The van der Waals surface area contributed by atoms with Gasteiger partial charge in [0, 0.05) is 12.1 Å². The number of methoxy groups -OCH3 is 1. The largest absolute Gasteiger partial charge is 0.495 e. The molecule has 0 heterocycles. The highest BCUT2D eigenvalue weighted by molar-refractivity contribution is 6.68. The Labute approximate surface area is 179 Å². The number of carbonyl (C=O) groups excluding carboxylic acids is 1. The molecule has 2 rings (SSSR count). The van der Waals surface area contributed by atoms with Crippen molar-refractivity contribution in [2.24, 2.45) is 0 Å². The van der Waals surface area contributed by atoms with Crippen LogP contribution in [0.1, 0.15) is 10.4 Å². The maximum Gasteiger partial charge on any atom is 0.277 e. The first-order chi connectivity index (χ1) is 13.5. The van der Waals surface area contributed by atoms with Crippen LogP contribution in [0.15, 0.2) is 42.5 Å². The zero-order valence-corrected chi connectivity index (χ0v) is 16.9. The third-order valence-corrected chi connectivity index (χ3v) is 4.25. The van der Waals surface area contributed by atoms with Gasteiger partial charge in [-0.15, -0.1) is 0 Å². The average Bonchev–Trinajstić information content (AvgIpc) is 2.66. The number of nitrogens with zero attached hydrogens (tertiary/aromatic N) is 2. The summed E-state index contributed by atoms with van der Waals surface area (Å²) >= 11 is 17.8. The third-order valence-electron chi connectivity index (χ3n) is 3.60. The molecular formula is C16H13Cl3N4O6. The van der Waals surface area contributed by atoms with E-state index >= 15 is 0 Å². The van der Waals surface area contributed by atoms with Gasteiger partial charge in [0.15, 0.2) is 0 Å². The number of carbonyl (C=O) groups is 1. The van der Waals surface area contributed by atoms with Gasteiger partial charge >= 0.3 is 0 Å². The van der Waals surface area contributed by atoms with Crippen molar-refractivity contribution in [3.8, 4) is 5.75 Å². The predicted molar refractivity (Wildman–Crippen MR) is 108 cm³/mol. The summed E-state index contributed by atoms with van der Waals surface area (Å²) in [5.41, 5.74) is -1.23. The highest BCUT2D eigenvalue weighted by Crippen LogP contribution is 2.34. The van der Waals surface area contributed by atoms with Gasteiger partial charge in [-0.25, -0.2) is 0 Å². The number of nitro benzene ring substituents is 2. The number of nitro groups is 2. The van der Waals surface area contributed by atoms with E-state index < -0.39 is 37.1 Å². The number of anilines is 1. The number of benzene rings is 2. The SMILES string of the molecule is COc1ccccc1NC(NC(=O)c1cc([N+](=O)[O-])cc([N+](=O)[O-])c1)C(Cl)(Cl)Cl. The van der Waals surface area contributed by atoms with Crippen molar-refractivity contribution in [3.63, 3.8) is 0 Å². The summed E-state index contributed by atoms with van der Waals surface area (Å²) in [5, 5.41) is 27.2. The van der Waals surface area contributed by atoms with Gasteiger partial charge in [0.1, 0.15) is 11.9 Å². The summed E-state index contributed by atoms with van der Waals surface area (Å²) in [6.07, 6.45) is -1.31. The van der Waals surface area contributed by atoms with E-state index in [-0.39, 0.29) is 5.56 Å². The van der Waals surface area contributed by atoms with Crippen LogP contribution in [-0.4, -0.2) is 32.8 Å². The Kier molecular flexibility index (Phi) is 7.07. The number of hydrogen-bond acceptors (Lipinski definition) is 7. The van der Waals surface area contributed by atoms with Crippen LogP contribution in [0.3, 0.4) is 0 Å². The topological polar surface area (TPSA) is 137 Å². The Bertz CT molecular complexity index is 918. The molecule has 0 spiro atoms. The van der Waals surface area contributed by atoms with E-state index in [4.69, 9.17) is 39.5 Å². The van der Waals surface area contributed by atoms with E-state index in [1.54, 1.807) is 24.3 Å². The van der Waals surface area contributed by atoms with Crippen LogP contribution < -0.4 is 15.4 Å². The Balaban J connectivity index is 2.36. The number of amides is 1. The molecule has 1 atom stereocenters. The van der Waals surface area contributed by atoms with Gasteiger partial charge in [0.25, 0.3) is 17.3 Å². The van der Waals surface area contributed by atoms with Crippen molar-refractivity contribution in [2.45, 2.75) is 9.96 Å². The van der Waals surface area contributed by atoms with Gasteiger partial charge in [-0.3, -0.25) is 25.0 Å². The van der Waals surface area contributed by atoms with Crippen molar-refractivity contribution in [3.05, 3.63) is 68.3 Å². The standard InChI is InChI=1S/C16H13Cl3N4O6/c1-29-13-5-3-2-4-12(13)20-15(16(17,18)19)21-14(24)9-6-10(22(25)26)8-11(7-9)23(27)28/h2-8,15,20H,1H3,(H,21,24). The summed E-state index contributed by atoms with van der Waals surface area (Å²) in [5.74, 6) is -0.539. The predicted octanol–water partition coefficient (Wildman–Crippen LogP) is 4.05. The number of nitrogens with one attached hydrogen (secondary N) is 2. The van der Waals surface area contributed by atoms with Gasteiger partial charge < -0.3 is 15.4 Å². The Hall–Kier alpha value is -2.82. The zero-order chi connectivity index (χ0) is 21.8. The lowest BCUT2D eigenvalue weighted by atomic mass is 10.1. The maximum absolute atomic E-state index is 12.6. The Morgan fingerprint density at radius 2 is 1.62 bits per heavy atom. The van der Waals surface area contributed by atoms with E-state index in [9.17, 15) is 25.0 Å². The molecule has 0 saturated carbocycles. The smallest absolute Gasteiger partial charge is 0.277 e. The van der Waals surface area contributed by atoms with Crippen LogP contribution in [0.5, 0.6) is 5.75 Å². The molecule has 0 bridgehead atoms. The van der Waals surface area contributed by atoms with E-state index in [1.807, 2.05) is 0 Å². The molecule has 0 aromatic heterocycles. The molecule has 0 fully saturated rings. The quantitative estimate of drug-likeness (QED) is 0.273. The molecule has 0 aliphatic heterocycles. The van der Waals surface area contributed by atoms with E-state index in [2.05, 4.69) is 10.6 Å². The van der Waals surface area contributed by atoms with Gasteiger partial charge in [-0.1, -0.05) is 46.9 Å². The molecule has 1 amide bonds. The summed E-state index contributed by atoms with van der Waals surface area (Å²) < 4.78 is 3.13. The second-order valence-corrected chi connectivity index (χ2v) is 7.91. The van der Waals surface area contributed by atoms with Crippen LogP contribution in [0.4, 0.5) is 17.1 Å². The molecule has 2 N–H and O–H groups in total. The molecule has 154 valence electrons. The minimum atomic E-state index is -2.05. The number of halogens is 3. The molecule has 2 aromatic carbocycles. The lowest BCUT2D eigenvalue weighted by molar-refractivity contribution is -0.394. The monoisotopic (exact) mass is 462 g/mol. The number of rotatable bonds is 7. The van der Waals surface area contributed by atoms with E-state index in [0.29, 0.717) is 11.4 Å². The number of alkyl halides is 3. The average molecular weight is 464 g/mol. The van der Waals surface area contributed by atoms with Crippen LogP contribution in [0, 0.1) is 20.2 Å². The molecule has 0 radical (unpaired) electrons. The van der Waals surface area contributed by atoms with Crippen molar-refractivity contribution in [1.82, 2.24) is 5.32 Å². The summed E-state index contributed by atoms with van der Waals surface area (Å²) in [4.78, 5) is 32.9. The minimum Gasteiger partial charge on any atom is -0.495 e. The molecule has 10 nitrogen and oxygen atoms in total. The Morgan fingerprint density at radius 3 is 2.10 bits per heavy atom. The first kappa shape index (κ1) is 22.5. The van der Waals surface area contributed by atoms with Gasteiger partial charge in [0.05, 0.1) is 34.3 Å². The highest BCUT2D eigenvalue weighted by atomic mass is 35.6. The number of non-ortho nitro benzene ring substituents is 2. The van der Waals surface area contributed by atoms with Crippen LogP contribution in [0.2, 0.25) is 0 Å². The first-order valence-electron chi connectivity index (χ1n) is 7.74. The van der Waals surface area contributed by atoms with Crippen molar-refractivity contribution < 1.29 is 19.4 Å². The van der Waals surface area contributed by atoms with Crippen LogP contribution in [0.25, 0.3) is 0 Å². The lowest BCUT2D eigenvalue weighted by Gasteiger charge is -2.28. The highest BCUT2D eigenvalue weighted by Gasteiger charge is 2.35. The summed E-state index contributed by atoms with van der Waals surface area (Å²) in [6, 6.07) is 9.09. The second kappa shape index (κ2) is 9.12.